The van der Waals surface area contributed by atoms with Crippen molar-refractivity contribution in [1.82, 2.24) is 0 Å². The predicted molar refractivity (Wildman–Crippen MR) is 107 cm³/mol. The van der Waals surface area contributed by atoms with Gasteiger partial charge < -0.3 is 4.74 Å². The Hall–Kier alpha value is -1.22. The van der Waals surface area contributed by atoms with Crippen LogP contribution in [-0.2, 0) is 11.3 Å². The Bertz CT molecular complexity index is 600. The lowest BCUT2D eigenvalue weighted by Crippen LogP contribution is -2.25. The largest absolute Gasteiger partial charge is 0.380 e. The Morgan fingerprint density at radius 3 is 2.00 bits per heavy atom. The second-order valence-corrected chi connectivity index (χ2v) is 8.52. The van der Waals surface area contributed by atoms with Gasteiger partial charge in [-0.05, 0) is 99.2 Å². The van der Waals surface area contributed by atoms with Crippen LogP contribution in [0.5, 0.6) is 0 Å². The molecule has 0 spiro atoms. The molecule has 1 aromatic rings. The van der Waals surface area contributed by atoms with Crippen molar-refractivity contribution in [2.75, 3.05) is 7.11 Å². The van der Waals surface area contributed by atoms with Crippen LogP contribution in [0.1, 0.15) is 81.8 Å². The van der Waals surface area contributed by atoms with Gasteiger partial charge in [-0.1, -0.05) is 19.1 Å². The summed E-state index contributed by atoms with van der Waals surface area (Å²) in [5, 5.41) is 0. The number of halogens is 2. The first-order valence-corrected chi connectivity index (χ1v) is 10.8. The van der Waals surface area contributed by atoms with E-state index in [9.17, 15) is 8.78 Å². The van der Waals surface area contributed by atoms with Crippen molar-refractivity contribution in [3.63, 3.8) is 0 Å². The smallest absolute Gasteiger partial charge is 0.131 e. The lowest BCUT2D eigenvalue weighted by molar-refractivity contribution is 0.170. The minimum absolute atomic E-state index is 0.0131. The molecular weight excluding hydrogens is 342 g/mol. The molecule has 0 saturated heterocycles. The molecule has 0 aliphatic heterocycles. The second-order valence-electron chi connectivity index (χ2n) is 8.52. The summed E-state index contributed by atoms with van der Waals surface area (Å²) in [5.74, 6) is 1.81. The molecule has 2 aliphatic carbocycles. The van der Waals surface area contributed by atoms with Gasteiger partial charge in [0.2, 0.25) is 0 Å². The molecule has 2 fully saturated rings. The maximum atomic E-state index is 14.2. The fourth-order valence-electron chi connectivity index (χ4n) is 5.20. The van der Waals surface area contributed by atoms with Crippen molar-refractivity contribution in [2.24, 2.45) is 17.8 Å². The highest BCUT2D eigenvalue weighted by Crippen LogP contribution is 2.44. The van der Waals surface area contributed by atoms with E-state index in [4.69, 9.17) is 4.74 Å². The fraction of sp³-hybridized carbons (Fsp3) is 0.667. The lowest BCUT2D eigenvalue weighted by atomic mass is 9.68. The highest BCUT2D eigenvalue weighted by Gasteiger charge is 2.31. The molecule has 0 heterocycles. The number of hydrogen-bond acceptors (Lipinski definition) is 1. The standard InChI is InChI=1S/C24H34F2O/c1-3-4-5-17-6-8-18(9-7-17)19-10-12-20(13-11-19)21-14-23(25)22(16-27-2)24(26)15-21/h4-5,14-15,17-20H,3,6-13,16H2,1-2H3/b5-4+/t17?,18?,19-,20-. The maximum Gasteiger partial charge on any atom is 0.131 e. The van der Waals surface area contributed by atoms with Gasteiger partial charge in [0.1, 0.15) is 11.6 Å². The summed E-state index contributed by atoms with van der Waals surface area (Å²) in [5.41, 5.74) is 0.875. The number of allylic oxidation sites excluding steroid dienone is 2. The predicted octanol–water partition coefficient (Wildman–Crippen LogP) is 7.16. The van der Waals surface area contributed by atoms with Crippen molar-refractivity contribution in [3.8, 4) is 0 Å². The second kappa shape index (κ2) is 9.82. The number of ether oxygens (including phenoxy) is 1. The Morgan fingerprint density at radius 1 is 0.926 bits per heavy atom. The Labute approximate surface area is 163 Å². The summed E-state index contributed by atoms with van der Waals surface area (Å²) >= 11 is 0. The first kappa shape index (κ1) is 20.5. The molecule has 0 N–H and O–H groups in total. The highest BCUT2D eigenvalue weighted by atomic mass is 19.1. The van der Waals surface area contributed by atoms with E-state index in [1.165, 1.54) is 57.8 Å². The van der Waals surface area contributed by atoms with Crippen molar-refractivity contribution in [3.05, 3.63) is 47.0 Å². The molecule has 0 aromatic heterocycles. The minimum atomic E-state index is -0.465. The van der Waals surface area contributed by atoms with Gasteiger partial charge in [-0.3, -0.25) is 0 Å². The zero-order valence-corrected chi connectivity index (χ0v) is 16.9. The molecule has 1 nitrogen and oxygen atoms in total. The quantitative estimate of drug-likeness (QED) is 0.479. The van der Waals surface area contributed by atoms with E-state index in [2.05, 4.69) is 19.1 Å². The van der Waals surface area contributed by atoms with Crippen molar-refractivity contribution < 1.29 is 13.5 Å². The van der Waals surface area contributed by atoms with Crippen LogP contribution in [0.2, 0.25) is 0 Å². The summed E-state index contributed by atoms with van der Waals surface area (Å²) < 4.78 is 33.3. The van der Waals surface area contributed by atoms with E-state index >= 15 is 0 Å². The van der Waals surface area contributed by atoms with E-state index in [-0.39, 0.29) is 12.2 Å². The molecular formula is C24H34F2O. The van der Waals surface area contributed by atoms with Gasteiger partial charge in [0.15, 0.2) is 0 Å². The molecule has 0 atom stereocenters. The molecule has 0 bridgehead atoms. The highest BCUT2D eigenvalue weighted by molar-refractivity contribution is 5.28. The number of hydrogen-bond donors (Lipinski definition) is 0. The van der Waals surface area contributed by atoms with Gasteiger partial charge >= 0.3 is 0 Å². The molecule has 150 valence electrons. The van der Waals surface area contributed by atoms with Gasteiger partial charge in [0, 0.05) is 12.7 Å². The molecule has 3 rings (SSSR count). The van der Waals surface area contributed by atoms with Crippen LogP contribution >= 0.6 is 0 Å². The average molecular weight is 377 g/mol. The average Bonchev–Trinajstić information content (AvgIpc) is 2.69. The summed E-state index contributed by atoms with van der Waals surface area (Å²) in [6.07, 6.45) is 15.8. The number of benzene rings is 1. The van der Waals surface area contributed by atoms with E-state index in [1.807, 2.05) is 0 Å². The molecule has 2 saturated carbocycles. The molecule has 27 heavy (non-hydrogen) atoms. The van der Waals surface area contributed by atoms with Gasteiger partial charge in [-0.25, -0.2) is 8.78 Å². The third-order valence-corrected chi connectivity index (χ3v) is 6.82. The maximum absolute atomic E-state index is 14.2. The third-order valence-electron chi connectivity index (χ3n) is 6.82. The number of methoxy groups -OCH3 is 1. The first-order valence-electron chi connectivity index (χ1n) is 10.8. The van der Waals surface area contributed by atoms with E-state index < -0.39 is 11.6 Å². The molecule has 3 heteroatoms. The van der Waals surface area contributed by atoms with Gasteiger partial charge in [0.05, 0.1) is 6.61 Å². The van der Waals surface area contributed by atoms with Crippen LogP contribution in [-0.4, -0.2) is 7.11 Å². The Balaban J connectivity index is 1.53. The summed E-state index contributed by atoms with van der Waals surface area (Å²) in [6.45, 7) is 2.18. The monoisotopic (exact) mass is 376 g/mol. The summed E-state index contributed by atoms with van der Waals surface area (Å²) in [7, 11) is 1.46. The van der Waals surface area contributed by atoms with Gasteiger partial charge in [0.25, 0.3) is 0 Å². The molecule has 2 aliphatic rings. The van der Waals surface area contributed by atoms with Crippen molar-refractivity contribution >= 4 is 0 Å². The summed E-state index contributed by atoms with van der Waals surface area (Å²) in [4.78, 5) is 0. The normalized spacial score (nSPS) is 29.3. The zero-order chi connectivity index (χ0) is 19.2. The van der Waals surface area contributed by atoms with Crippen LogP contribution in [0.15, 0.2) is 24.3 Å². The van der Waals surface area contributed by atoms with Crippen LogP contribution in [0.3, 0.4) is 0 Å². The van der Waals surface area contributed by atoms with E-state index in [1.54, 1.807) is 0 Å². The SMILES string of the molecule is CC/C=C/C1CCC([C@H]2CC[C@H](c3cc(F)c(COC)c(F)c3)CC2)CC1. The molecule has 1 aromatic carbocycles. The van der Waals surface area contributed by atoms with Crippen LogP contribution < -0.4 is 0 Å². The number of rotatable bonds is 6. The topological polar surface area (TPSA) is 9.23 Å². The van der Waals surface area contributed by atoms with Gasteiger partial charge in [-0.15, -0.1) is 0 Å². The summed E-state index contributed by atoms with van der Waals surface area (Å²) in [6, 6.07) is 3.07. The van der Waals surface area contributed by atoms with Crippen LogP contribution in [0.4, 0.5) is 8.78 Å². The molecule has 0 amide bonds. The van der Waals surface area contributed by atoms with Gasteiger partial charge in [-0.2, -0.15) is 0 Å². The lowest BCUT2D eigenvalue weighted by Gasteiger charge is -2.37. The van der Waals surface area contributed by atoms with Crippen LogP contribution in [0, 0.1) is 29.4 Å². The Kier molecular flexibility index (Phi) is 7.46. The molecule has 0 radical (unpaired) electrons. The third kappa shape index (κ3) is 5.19. The van der Waals surface area contributed by atoms with E-state index in [0.717, 1.165) is 42.6 Å². The van der Waals surface area contributed by atoms with Crippen molar-refractivity contribution in [1.29, 1.82) is 0 Å². The molecule has 0 unspecified atom stereocenters. The zero-order valence-electron chi connectivity index (χ0n) is 16.9. The van der Waals surface area contributed by atoms with Crippen LogP contribution in [0.25, 0.3) is 0 Å². The first-order chi connectivity index (χ1) is 13.1. The van der Waals surface area contributed by atoms with E-state index in [0.29, 0.717) is 5.92 Å². The minimum Gasteiger partial charge on any atom is -0.380 e. The van der Waals surface area contributed by atoms with Crippen molar-refractivity contribution in [2.45, 2.75) is 77.2 Å². The fourth-order valence-corrected chi connectivity index (χ4v) is 5.20. The Morgan fingerprint density at radius 2 is 1.48 bits per heavy atom.